The zero-order valence-electron chi connectivity index (χ0n) is 14.0. The Hall–Kier alpha value is -0.810. The van der Waals surface area contributed by atoms with Gasteiger partial charge in [0.15, 0.2) is 11.6 Å². The van der Waals surface area contributed by atoms with Gasteiger partial charge in [-0.3, -0.25) is 0 Å². The quantitative estimate of drug-likeness (QED) is 0.511. The maximum atomic E-state index is 13.6. The van der Waals surface area contributed by atoms with Gasteiger partial charge in [0.25, 0.3) is 10.2 Å². The van der Waals surface area contributed by atoms with E-state index in [1.165, 1.54) is 4.31 Å². The summed E-state index contributed by atoms with van der Waals surface area (Å²) in [4.78, 5) is 0. The summed E-state index contributed by atoms with van der Waals surface area (Å²) in [6.45, 7) is 0.417. The van der Waals surface area contributed by atoms with Crippen LogP contribution in [-0.2, 0) is 21.6 Å². The van der Waals surface area contributed by atoms with Gasteiger partial charge < -0.3 is 4.74 Å². The zero-order chi connectivity index (χ0) is 18.9. The number of hydrogen-bond acceptors (Lipinski definition) is 4. The highest BCUT2D eigenvalue weighted by atomic mass is 32.2. The topological polar surface area (TPSA) is 58.6 Å². The second-order valence-corrected chi connectivity index (χ2v) is 9.22. The van der Waals surface area contributed by atoms with E-state index in [9.17, 15) is 21.6 Å². The number of nitrogens with zero attached hydrogens (tertiary/aromatic N) is 1. The molecule has 0 radical (unpaired) electrons. The highest BCUT2D eigenvalue weighted by Gasteiger charge is 2.39. The van der Waals surface area contributed by atoms with E-state index in [-0.39, 0.29) is 30.6 Å². The van der Waals surface area contributed by atoms with Crippen molar-refractivity contribution in [3.63, 3.8) is 0 Å². The fourth-order valence-electron chi connectivity index (χ4n) is 2.92. The lowest BCUT2D eigenvalue weighted by molar-refractivity contribution is 0.0849. The first-order valence-corrected chi connectivity index (χ1v) is 10.4. The molecule has 10 heteroatoms. The number of hydrogen-bond donors (Lipinski definition) is 2. The fourth-order valence-corrected chi connectivity index (χ4v) is 4.97. The normalized spacial score (nSPS) is 24.3. The molecule has 0 unspecified atom stereocenters. The molecule has 2 aliphatic rings. The average Bonchev–Trinajstić information content (AvgIpc) is 3.32. The predicted molar refractivity (Wildman–Crippen MR) is 93.5 cm³/mol. The summed E-state index contributed by atoms with van der Waals surface area (Å²) in [6.07, 6.45) is 2.56. The fraction of sp³-hybridized carbons (Fsp3) is 0.625. The van der Waals surface area contributed by atoms with E-state index in [2.05, 4.69) is 17.4 Å². The van der Waals surface area contributed by atoms with Gasteiger partial charge >= 0.3 is 0 Å². The van der Waals surface area contributed by atoms with Gasteiger partial charge in [-0.15, -0.1) is 0 Å². The summed E-state index contributed by atoms with van der Waals surface area (Å²) in [5.74, 6) is -2.92. The predicted octanol–water partition coefficient (Wildman–Crippen LogP) is 2.24. The molecule has 3 rings (SSSR count). The summed E-state index contributed by atoms with van der Waals surface area (Å²) >= 11 is 4.36. The molecule has 0 amide bonds. The van der Waals surface area contributed by atoms with Crippen LogP contribution in [0.5, 0.6) is 0 Å². The van der Waals surface area contributed by atoms with Crippen LogP contribution in [0.15, 0.2) is 12.1 Å². The molecular formula is C16H21F3N2O3S2. The van der Waals surface area contributed by atoms with Crippen LogP contribution in [-0.4, -0.2) is 43.7 Å². The highest BCUT2D eigenvalue weighted by Crippen LogP contribution is 2.29. The summed E-state index contributed by atoms with van der Waals surface area (Å²) in [6, 6.07) is 0.765. The van der Waals surface area contributed by atoms with Crippen LogP contribution < -0.4 is 4.72 Å². The van der Waals surface area contributed by atoms with Crippen molar-refractivity contribution in [2.45, 2.75) is 37.2 Å². The molecule has 2 atom stereocenters. The first kappa shape index (κ1) is 19.9. The lowest BCUT2D eigenvalue weighted by Gasteiger charge is -2.24. The lowest BCUT2D eigenvalue weighted by atomic mass is 10.2. The van der Waals surface area contributed by atoms with Gasteiger partial charge in [-0.2, -0.15) is 25.4 Å². The van der Waals surface area contributed by atoms with Crippen molar-refractivity contribution in [2.24, 2.45) is 5.92 Å². The average molecular weight is 410 g/mol. The van der Waals surface area contributed by atoms with E-state index in [1.807, 2.05) is 0 Å². The SMILES string of the molecule is O=S(=O)(NCC1CC1)N1C[C@H](S)C[C@H]1COCc1cc(F)c(F)cc1F. The molecule has 1 heterocycles. The Morgan fingerprint density at radius 1 is 1.19 bits per heavy atom. The Kier molecular flexibility index (Phi) is 6.18. The molecule has 1 aliphatic carbocycles. The Bertz CT molecular complexity index is 759. The maximum Gasteiger partial charge on any atom is 0.279 e. The molecule has 0 spiro atoms. The van der Waals surface area contributed by atoms with Crippen LogP contribution in [0.1, 0.15) is 24.8 Å². The molecule has 1 aromatic rings. The minimum absolute atomic E-state index is 0.0137. The summed E-state index contributed by atoms with van der Waals surface area (Å²) in [5.41, 5.74) is -0.120. The number of nitrogens with one attached hydrogen (secondary N) is 1. The minimum atomic E-state index is -3.64. The van der Waals surface area contributed by atoms with Gasteiger partial charge in [0.1, 0.15) is 5.82 Å². The highest BCUT2D eigenvalue weighted by molar-refractivity contribution is 7.87. The zero-order valence-corrected chi connectivity index (χ0v) is 15.7. The third-order valence-electron chi connectivity index (χ3n) is 4.56. The van der Waals surface area contributed by atoms with Crippen LogP contribution in [0.3, 0.4) is 0 Å². The van der Waals surface area contributed by atoms with Crippen molar-refractivity contribution in [2.75, 3.05) is 19.7 Å². The molecule has 0 aromatic heterocycles. The third-order valence-corrected chi connectivity index (χ3v) is 6.53. The smallest absolute Gasteiger partial charge is 0.279 e. The Morgan fingerprint density at radius 3 is 2.58 bits per heavy atom. The van der Waals surface area contributed by atoms with Crippen molar-refractivity contribution in [1.29, 1.82) is 0 Å². The second kappa shape index (κ2) is 8.05. The van der Waals surface area contributed by atoms with Crippen LogP contribution >= 0.6 is 12.6 Å². The standard InChI is InChI=1S/C16H21F3N2O3S2/c17-14-5-16(19)15(18)3-11(14)8-24-9-12-4-13(25)7-21(12)26(22,23)20-6-10-1-2-10/h3,5,10,12-13,20,25H,1-2,4,6-9H2/t12-,13+/m0/s1. The maximum absolute atomic E-state index is 13.6. The van der Waals surface area contributed by atoms with Gasteiger partial charge in [-0.05, 0) is 31.2 Å². The van der Waals surface area contributed by atoms with E-state index < -0.39 is 33.7 Å². The first-order valence-electron chi connectivity index (χ1n) is 8.42. The summed E-state index contributed by atoms with van der Waals surface area (Å²) < 4.78 is 74.0. The third kappa shape index (κ3) is 4.92. The molecule has 1 N–H and O–H groups in total. The van der Waals surface area contributed by atoms with Crippen molar-refractivity contribution in [1.82, 2.24) is 9.03 Å². The number of ether oxygens (including phenoxy) is 1. The molecule has 146 valence electrons. The number of benzene rings is 1. The van der Waals surface area contributed by atoms with Gasteiger partial charge in [0, 0.05) is 30.0 Å². The van der Waals surface area contributed by atoms with Crippen molar-refractivity contribution in [3.8, 4) is 0 Å². The summed E-state index contributed by atoms with van der Waals surface area (Å²) in [5, 5.41) is -0.124. The largest absolute Gasteiger partial charge is 0.375 e. The minimum Gasteiger partial charge on any atom is -0.375 e. The molecule has 26 heavy (non-hydrogen) atoms. The van der Waals surface area contributed by atoms with Gasteiger partial charge in [0.05, 0.1) is 19.3 Å². The van der Waals surface area contributed by atoms with E-state index in [1.54, 1.807) is 0 Å². The summed E-state index contributed by atoms with van der Waals surface area (Å²) in [7, 11) is -3.64. The molecular weight excluding hydrogens is 389 g/mol. The Labute approximate surface area is 156 Å². The van der Waals surface area contributed by atoms with Crippen LogP contribution in [0.4, 0.5) is 13.2 Å². The van der Waals surface area contributed by atoms with Crippen LogP contribution in [0, 0.1) is 23.4 Å². The van der Waals surface area contributed by atoms with E-state index >= 15 is 0 Å². The van der Waals surface area contributed by atoms with Gasteiger partial charge in [-0.1, -0.05) is 0 Å². The van der Waals surface area contributed by atoms with Crippen LogP contribution in [0.2, 0.25) is 0 Å². The first-order chi connectivity index (χ1) is 12.3. The number of rotatable bonds is 8. The lowest BCUT2D eigenvalue weighted by Crippen LogP contribution is -2.45. The van der Waals surface area contributed by atoms with E-state index in [0.717, 1.165) is 18.9 Å². The van der Waals surface area contributed by atoms with Crippen LogP contribution in [0.25, 0.3) is 0 Å². The molecule has 0 bridgehead atoms. The molecule has 1 aromatic carbocycles. The molecule has 1 saturated heterocycles. The molecule has 1 saturated carbocycles. The van der Waals surface area contributed by atoms with Crippen molar-refractivity contribution < 1.29 is 26.3 Å². The monoisotopic (exact) mass is 410 g/mol. The Morgan fingerprint density at radius 2 is 1.88 bits per heavy atom. The Balaban J connectivity index is 1.58. The van der Waals surface area contributed by atoms with Crippen molar-refractivity contribution in [3.05, 3.63) is 35.1 Å². The number of thiol groups is 1. The molecule has 2 fully saturated rings. The van der Waals surface area contributed by atoms with E-state index in [4.69, 9.17) is 4.74 Å². The number of halogens is 3. The van der Waals surface area contributed by atoms with Crippen molar-refractivity contribution >= 4 is 22.8 Å². The second-order valence-electron chi connectivity index (χ2n) is 6.78. The van der Waals surface area contributed by atoms with Gasteiger partial charge in [0.2, 0.25) is 0 Å². The van der Waals surface area contributed by atoms with E-state index in [0.29, 0.717) is 24.9 Å². The molecule has 1 aliphatic heterocycles. The molecule has 5 nitrogen and oxygen atoms in total. The van der Waals surface area contributed by atoms with Gasteiger partial charge in [-0.25, -0.2) is 17.9 Å².